The van der Waals surface area contributed by atoms with E-state index in [1.54, 1.807) is 0 Å². The maximum Gasteiger partial charge on any atom is 1.00 e. The van der Waals surface area contributed by atoms with Crippen LogP contribution in [0.5, 0.6) is 0 Å². The molecule has 0 aromatic heterocycles. The summed E-state index contributed by atoms with van der Waals surface area (Å²) in [5.74, 6) is -0.617. The molecule has 0 unspecified atom stereocenters. The van der Waals surface area contributed by atoms with Gasteiger partial charge in [-0.1, -0.05) is 39.5 Å². The van der Waals surface area contributed by atoms with Crippen molar-refractivity contribution in [1.82, 2.24) is 0 Å². The Labute approximate surface area is 170 Å². The fourth-order valence-corrected chi connectivity index (χ4v) is 1.42. The number of hydrogen-bond donors (Lipinski definition) is 0. The maximum absolute atomic E-state index is 11.3. The van der Waals surface area contributed by atoms with Crippen LogP contribution in [0.4, 0.5) is 0 Å². The molecule has 0 aromatic rings. The van der Waals surface area contributed by atoms with Gasteiger partial charge in [-0.25, -0.2) is 0 Å². The SMILES string of the molecule is CCCCCOC(=O)CCC(=O)OCCCCC.[H-].[H-].[Na+].[Na+]. The second-order valence-corrected chi connectivity index (χ2v) is 4.36. The van der Waals surface area contributed by atoms with Crippen LogP contribution in [-0.2, 0) is 19.1 Å². The normalized spacial score (nSPS) is 9.10. The van der Waals surface area contributed by atoms with Crippen molar-refractivity contribution in [3.63, 3.8) is 0 Å². The summed E-state index contributed by atoms with van der Waals surface area (Å²) in [5, 5.41) is 0. The van der Waals surface area contributed by atoms with Crippen molar-refractivity contribution in [3.8, 4) is 0 Å². The van der Waals surface area contributed by atoms with Crippen LogP contribution in [0.25, 0.3) is 0 Å². The van der Waals surface area contributed by atoms with Crippen LogP contribution in [-0.4, -0.2) is 25.2 Å². The summed E-state index contributed by atoms with van der Waals surface area (Å²) >= 11 is 0. The Morgan fingerprint density at radius 1 is 0.750 bits per heavy atom. The fourth-order valence-electron chi connectivity index (χ4n) is 1.42. The van der Waals surface area contributed by atoms with Gasteiger partial charge in [0.1, 0.15) is 0 Å². The van der Waals surface area contributed by atoms with E-state index in [1.807, 2.05) is 0 Å². The van der Waals surface area contributed by atoms with Gasteiger partial charge in [-0.15, -0.1) is 0 Å². The van der Waals surface area contributed by atoms with Gasteiger partial charge in [0.25, 0.3) is 0 Å². The molecule has 0 atom stereocenters. The largest absolute Gasteiger partial charge is 1.00 e. The molecule has 0 rings (SSSR count). The van der Waals surface area contributed by atoms with Crippen molar-refractivity contribution in [2.45, 2.75) is 65.2 Å². The molecule has 0 heterocycles. The van der Waals surface area contributed by atoms with Gasteiger partial charge in [-0.05, 0) is 12.8 Å². The van der Waals surface area contributed by atoms with Gasteiger partial charge >= 0.3 is 71.1 Å². The second-order valence-electron chi connectivity index (χ2n) is 4.36. The summed E-state index contributed by atoms with van der Waals surface area (Å²) < 4.78 is 9.98. The summed E-state index contributed by atoms with van der Waals surface area (Å²) in [7, 11) is 0. The predicted octanol–water partition coefficient (Wildman–Crippen LogP) is -2.53. The zero-order valence-corrected chi connectivity index (χ0v) is 17.7. The van der Waals surface area contributed by atoms with Crippen LogP contribution in [0.15, 0.2) is 0 Å². The average Bonchev–Trinajstić information content (AvgIpc) is 2.37. The molecule has 110 valence electrons. The number of rotatable bonds is 11. The van der Waals surface area contributed by atoms with Crippen molar-refractivity contribution < 1.29 is 81.0 Å². The fraction of sp³-hybridized carbons (Fsp3) is 0.857. The summed E-state index contributed by atoms with van der Waals surface area (Å²) in [6.07, 6.45) is 6.35. The molecule has 0 aliphatic rings. The zero-order chi connectivity index (χ0) is 13.6. The average molecular weight is 306 g/mol. The quantitative estimate of drug-likeness (QED) is 0.240. The van der Waals surface area contributed by atoms with Gasteiger partial charge in [-0.3, -0.25) is 9.59 Å². The first kappa shape index (κ1) is 25.9. The summed E-state index contributed by atoms with van der Waals surface area (Å²) in [5.41, 5.74) is 0. The van der Waals surface area contributed by atoms with Gasteiger partial charge in [0.2, 0.25) is 0 Å². The van der Waals surface area contributed by atoms with Crippen molar-refractivity contribution in [3.05, 3.63) is 0 Å². The molecule has 0 aliphatic heterocycles. The molecule has 0 N–H and O–H groups in total. The van der Waals surface area contributed by atoms with E-state index in [-0.39, 0.29) is 86.7 Å². The predicted molar refractivity (Wildman–Crippen MR) is 72.4 cm³/mol. The molecule has 0 bridgehead atoms. The standard InChI is InChI=1S/C14H26O4.2Na.2H/c1-3-5-7-11-17-13(15)9-10-14(16)18-12-8-6-4-2;;;;/h3-12H2,1-2H3;;;;/q;2*+1;2*-1. The van der Waals surface area contributed by atoms with E-state index in [1.165, 1.54) is 0 Å². The van der Waals surface area contributed by atoms with Gasteiger partial charge < -0.3 is 12.3 Å². The van der Waals surface area contributed by atoms with E-state index in [4.69, 9.17) is 9.47 Å². The van der Waals surface area contributed by atoms with E-state index in [2.05, 4.69) is 13.8 Å². The molecule has 6 heteroatoms. The first-order chi connectivity index (χ1) is 8.70. The second kappa shape index (κ2) is 19.9. The molecule has 0 spiro atoms. The number of carbonyl (C=O) groups is 2. The molecule has 0 aliphatic carbocycles. The Hall–Kier alpha value is 0.940. The number of ether oxygens (including phenoxy) is 2. The molecule has 0 fully saturated rings. The molecule has 0 aromatic carbocycles. The van der Waals surface area contributed by atoms with E-state index >= 15 is 0 Å². The van der Waals surface area contributed by atoms with Gasteiger partial charge in [-0.2, -0.15) is 0 Å². The van der Waals surface area contributed by atoms with E-state index in [0.717, 1.165) is 38.5 Å². The minimum atomic E-state index is -0.309. The molecule has 0 amide bonds. The van der Waals surface area contributed by atoms with Crippen LogP contribution in [0, 0.1) is 0 Å². The Balaban J connectivity index is -0.000000241. The van der Waals surface area contributed by atoms with E-state index < -0.39 is 0 Å². The number of unbranched alkanes of at least 4 members (excludes halogenated alkanes) is 4. The van der Waals surface area contributed by atoms with Gasteiger partial charge in [0, 0.05) is 0 Å². The Kier molecular flexibility index (Phi) is 25.8. The third kappa shape index (κ3) is 18.9. The van der Waals surface area contributed by atoms with Crippen molar-refractivity contribution in [2.24, 2.45) is 0 Å². The molecule has 20 heavy (non-hydrogen) atoms. The topological polar surface area (TPSA) is 52.6 Å². The van der Waals surface area contributed by atoms with Gasteiger partial charge in [0.15, 0.2) is 0 Å². The van der Waals surface area contributed by atoms with Crippen molar-refractivity contribution in [2.75, 3.05) is 13.2 Å². The summed E-state index contributed by atoms with van der Waals surface area (Å²) in [6, 6.07) is 0. The zero-order valence-electron chi connectivity index (χ0n) is 15.7. The maximum atomic E-state index is 11.3. The number of esters is 2. The molecular weight excluding hydrogens is 278 g/mol. The Bertz CT molecular complexity index is 221. The van der Waals surface area contributed by atoms with Crippen molar-refractivity contribution in [1.29, 1.82) is 0 Å². The molecular formula is C14H28Na2O4. The van der Waals surface area contributed by atoms with E-state index in [9.17, 15) is 9.59 Å². The minimum absolute atomic E-state index is 0. The van der Waals surface area contributed by atoms with Crippen LogP contribution >= 0.6 is 0 Å². The first-order valence-electron chi connectivity index (χ1n) is 7.02. The van der Waals surface area contributed by atoms with Crippen LogP contribution in [0.1, 0.15) is 68.1 Å². The summed E-state index contributed by atoms with van der Waals surface area (Å²) in [6.45, 7) is 5.10. The molecule has 4 nitrogen and oxygen atoms in total. The Morgan fingerprint density at radius 3 is 1.40 bits per heavy atom. The van der Waals surface area contributed by atoms with Crippen LogP contribution in [0.3, 0.4) is 0 Å². The molecule has 0 saturated carbocycles. The summed E-state index contributed by atoms with van der Waals surface area (Å²) in [4.78, 5) is 22.5. The third-order valence-electron chi connectivity index (χ3n) is 2.56. The van der Waals surface area contributed by atoms with E-state index in [0.29, 0.717) is 13.2 Å². The first-order valence-corrected chi connectivity index (χ1v) is 7.02. The molecule has 0 radical (unpaired) electrons. The van der Waals surface area contributed by atoms with Crippen LogP contribution < -0.4 is 59.1 Å². The smallest absolute Gasteiger partial charge is 1.00 e. The molecule has 0 saturated heterocycles. The van der Waals surface area contributed by atoms with Gasteiger partial charge in [0.05, 0.1) is 26.1 Å². The third-order valence-corrected chi connectivity index (χ3v) is 2.56. The minimum Gasteiger partial charge on any atom is -1.00 e. The Morgan fingerprint density at radius 2 is 1.10 bits per heavy atom. The number of carbonyl (C=O) groups excluding carboxylic acids is 2. The monoisotopic (exact) mass is 306 g/mol. The number of hydrogen-bond acceptors (Lipinski definition) is 4. The van der Waals surface area contributed by atoms with Crippen molar-refractivity contribution >= 4 is 11.9 Å². The van der Waals surface area contributed by atoms with Crippen LogP contribution in [0.2, 0.25) is 0 Å².